The fourth-order valence-electron chi connectivity index (χ4n) is 1.28. The summed E-state index contributed by atoms with van der Waals surface area (Å²) in [6.45, 7) is 0. The van der Waals surface area contributed by atoms with Gasteiger partial charge in [-0.05, 0) is 34.1 Å². The van der Waals surface area contributed by atoms with Gasteiger partial charge in [-0.2, -0.15) is 9.97 Å². The molecule has 0 aliphatic carbocycles. The maximum absolute atomic E-state index is 13.1. The lowest BCUT2D eigenvalue weighted by molar-refractivity contribution is 0.460. The zero-order valence-electron chi connectivity index (χ0n) is 9.45. The van der Waals surface area contributed by atoms with E-state index in [0.717, 1.165) is 0 Å². The molecule has 3 N–H and O–H groups in total. The molecule has 0 amide bonds. The topological polar surface area (TPSA) is 73.1 Å². The molecule has 7 heteroatoms. The molecule has 2 aromatic rings. The van der Waals surface area contributed by atoms with Crippen molar-refractivity contribution in [3.8, 4) is 11.6 Å². The SMILES string of the molecule is CNc1cc(Oc2ccc(F)c(Br)c2)nc(N)n1. The second kappa shape index (κ2) is 5.18. The Hall–Kier alpha value is -1.89. The van der Waals surface area contributed by atoms with Crippen molar-refractivity contribution >= 4 is 27.7 Å². The minimum atomic E-state index is -0.361. The van der Waals surface area contributed by atoms with Gasteiger partial charge in [0.25, 0.3) is 0 Å². The number of benzene rings is 1. The van der Waals surface area contributed by atoms with Gasteiger partial charge in [0.05, 0.1) is 4.47 Å². The predicted octanol–water partition coefficient (Wildman–Crippen LogP) is 2.79. The Morgan fingerprint density at radius 1 is 1.33 bits per heavy atom. The number of nitrogens with two attached hydrogens (primary N) is 1. The molecule has 0 aliphatic heterocycles. The number of nitrogen functional groups attached to an aromatic ring is 1. The van der Waals surface area contributed by atoms with Gasteiger partial charge in [0, 0.05) is 13.1 Å². The molecule has 0 saturated heterocycles. The molecule has 0 unspecified atom stereocenters. The lowest BCUT2D eigenvalue weighted by atomic mass is 10.3. The van der Waals surface area contributed by atoms with Crippen molar-refractivity contribution in [1.82, 2.24) is 9.97 Å². The minimum Gasteiger partial charge on any atom is -0.439 e. The summed E-state index contributed by atoms with van der Waals surface area (Å²) in [6.07, 6.45) is 0. The van der Waals surface area contributed by atoms with Crippen molar-refractivity contribution in [2.45, 2.75) is 0 Å². The number of nitrogens with one attached hydrogen (secondary N) is 1. The molecular weight excluding hydrogens is 303 g/mol. The number of hydrogen-bond donors (Lipinski definition) is 2. The van der Waals surface area contributed by atoms with Crippen molar-refractivity contribution in [3.63, 3.8) is 0 Å². The molecule has 2 rings (SSSR count). The van der Waals surface area contributed by atoms with Crippen molar-refractivity contribution in [1.29, 1.82) is 0 Å². The predicted molar refractivity (Wildman–Crippen MR) is 70.2 cm³/mol. The van der Waals surface area contributed by atoms with E-state index in [2.05, 4.69) is 31.2 Å². The Kier molecular flexibility index (Phi) is 3.61. The van der Waals surface area contributed by atoms with Crippen LogP contribution in [0.2, 0.25) is 0 Å². The van der Waals surface area contributed by atoms with Crippen LogP contribution in [0, 0.1) is 5.82 Å². The number of hydrogen-bond acceptors (Lipinski definition) is 5. The van der Waals surface area contributed by atoms with Crippen LogP contribution in [-0.2, 0) is 0 Å². The van der Waals surface area contributed by atoms with E-state index >= 15 is 0 Å². The first-order valence-electron chi connectivity index (χ1n) is 5.03. The molecule has 1 heterocycles. The van der Waals surface area contributed by atoms with E-state index in [4.69, 9.17) is 10.5 Å². The summed E-state index contributed by atoms with van der Waals surface area (Å²) in [5.41, 5.74) is 5.53. The first-order chi connectivity index (χ1) is 8.58. The second-order valence-electron chi connectivity index (χ2n) is 3.38. The molecular formula is C11H10BrFN4O. The van der Waals surface area contributed by atoms with Crippen LogP contribution in [0.3, 0.4) is 0 Å². The van der Waals surface area contributed by atoms with Crippen LogP contribution in [0.25, 0.3) is 0 Å². The minimum absolute atomic E-state index is 0.0954. The number of nitrogens with zero attached hydrogens (tertiary/aromatic N) is 2. The lowest BCUT2D eigenvalue weighted by Gasteiger charge is -2.07. The zero-order valence-corrected chi connectivity index (χ0v) is 11.0. The smallest absolute Gasteiger partial charge is 0.226 e. The van der Waals surface area contributed by atoms with E-state index in [1.165, 1.54) is 18.2 Å². The molecule has 1 aromatic carbocycles. The highest BCUT2D eigenvalue weighted by molar-refractivity contribution is 9.10. The molecule has 0 fully saturated rings. The fourth-order valence-corrected chi connectivity index (χ4v) is 1.64. The first-order valence-corrected chi connectivity index (χ1v) is 5.83. The quantitative estimate of drug-likeness (QED) is 0.911. The summed E-state index contributed by atoms with van der Waals surface area (Å²) in [6, 6.07) is 5.89. The number of anilines is 2. The average molecular weight is 313 g/mol. The first kappa shape index (κ1) is 12.6. The summed E-state index contributed by atoms with van der Waals surface area (Å²) >= 11 is 3.08. The summed E-state index contributed by atoms with van der Waals surface area (Å²) in [5.74, 6) is 1.01. The van der Waals surface area contributed by atoms with E-state index in [9.17, 15) is 4.39 Å². The van der Waals surface area contributed by atoms with Gasteiger partial charge < -0.3 is 15.8 Å². The van der Waals surface area contributed by atoms with Gasteiger partial charge in [0.1, 0.15) is 17.4 Å². The summed E-state index contributed by atoms with van der Waals surface area (Å²) in [4.78, 5) is 7.86. The normalized spacial score (nSPS) is 10.2. The highest BCUT2D eigenvalue weighted by Crippen LogP contribution is 2.26. The lowest BCUT2D eigenvalue weighted by Crippen LogP contribution is -2.01. The van der Waals surface area contributed by atoms with Crippen molar-refractivity contribution < 1.29 is 9.13 Å². The second-order valence-corrected chi connectivity index (χ2v) is 4.23. The van der Waals surface area contributed by atoms with Gasteiger partial charge in [0.15, 0.2) is 0 Å². The molecule has 0 radical (unpaired) electrons. The van der Waals surface area contributed by atoms with Crippen LogP contribution in [0.1, 0.15) is 0 Å². The molecule has 1 aromatic heterocycles. The Morgan fingerprint density at radius 2 is 2.11 bits per heavy atom. The van der Waals surface area contributed by atoms with E-state index in [0.29, 0.717) is 16.0 Å². The summed E-state index contributed by atoms with van der Waals surface area (Å²) in [5, 5.41) is 2.83. The zero-order chi connectivity index (χ0) is 13.1. The Balaban J connectivity index is 2.27. The Labute approximate surface area is 111 Å². The van der Waals surface area contributed by atoms with Gasteiger partial charge in [-0.1, -0.05) is 0 Å². The van der Waals surface area contributed by atoms with E-state index < -0.39 is 0 Å². The van der Waals surface area contributed by atoms with Crippen LogP contribution in [0.5, 0.6) is 11.6 Å². The van der Waals surface area contributed by atoms with Crippen LogP contribution in [-0.4, -0.2) is 17.0 Å². The van der Waals surface area contributed by atoms with Crippen molar-refractivity contribution in [2.24, 2.45) is 0 Å². The summed E-state index contributed by atoms with van der Waals surface area (Å²) < 4.78 is 18.8. The van der Waals surface area contributed by atoms with Crippen LogP contribution >= 0.6 is 15.9 Å². The monoisotopic (exact) mass is 312 g/mol. The maximum atomic E-state index is 13.1. The highest BCUT2D eigenvalue weighted by Gasteiger charge is 2.06. The highest BCUT2D eigenvalue weighted by atomic mass is 79.9. The molecule has 5 nitrogen and oxygen atoms in total. The van der Waals surface area contributed by atoms with Crippen molar-refractivity contribution in [2.75, 3.05) is 18.1 Å². The molecule has 94 valence electrons. The van der Waals surface area contributed by atoms with E-state index in [1.54, 1.807) is 13.1 Å². The van der Waals surface area contributed by atoms with Gasteiger partial charge in [-0.25, -0.2) is 4.39 Å². The van der Waals surface area contributed by atoms with Crippen LogP contribution in [0.4, 0.5) is 16.2 Å². The van der Waals surface area contributed by atoms with Gasteiger partial charge in [-0.3, -0.25) is 0 Å². The van der Waals surface area contributed by atoms with Crippen LogP contribution in [0.15, 0.2) is 28.7 Å². The van der Waals surface area contributed by atoms with Crippen LogP contribution < -0.4 is 15.8 Å². The molecule has 0 spiro atoms. The van der Waals surface area contributed by atoms with Crippen molar-refractivity contribution in [3.05, 3.63) is 34.6 Å². The molecule has 0 saturated carbocycles. The summed E-state index contributed by atoms with van der Waals surface area (Å²) in [7, 11) is 1.71. The molecule has 0 atom stereocenters. The molecule has 0 aliphatic rings. The molecule has 18 heavy (non-hydrogen) atoms. The number of rotatable bonds is 3. The standard InChI is InChI=1S/C11H10BrFN4O/c1-15-9-5-10(17-11(14)16-9)18-6-2-3-8(13)7(12)4-6/h2-5H,1H3,(H3,14,15,16,17). The maximum Gasteiger partial charge on any atom is 0.226 e. The third-order valence-corrected chi connectivity index (χ3v) is 2.70. The van der Waals surface area contributed by atoms with E-state index in [-0.39, 0.29) is 17.6 Å². The number of ether oxygens (including phenoxy) is 1. The largest absolute Gasteiger partial charge is 0.439 e. The third-order valence-electron chi connectivity index (χ3n) is 2.09. The number of aromatic nitrogens is 2. The van der Waals surface area contributed by atoms with Gasteiger partial charge in [0.2, 0.25) is 11.8 Å². The Bertz CT molecular complexity index is 579. The van der Waals surface area contributed by atoms with Gasteiger partial charge in [-0.15, -0.1) is 0 Å². The average Bonchev–Trinajstić information content (AvgIpc) is 2.33. The van der Waals surface area contributed by atoms with E-state index in [1.807, 2.05) is 0 Å². The fraction of sp³-hybridized carbons (Fsp3) is 0.0909. The van der Waals surface area contributed by atoms with Gasteiger partial charge >= 0.3 is 0 Å². The third kappa shape index (κ3) is 2.86. The Morgan fingerprint density at radius 3 is 2.78 bits per heavy atom. The number of halogens is 2. The molecule has 0 bridgehead atoms.